The van der Waals surface area contributed by atoms with Crippen molar-refractivity contribution in [2.45, 2.75) is 50.6 Å². The molecule has 0 atom stereocenters. The molecule has 4 aliphatic carbocycles. The highest BCUT2D eigenvalue weighted by Gasteiger charge is 2.51. The maximum absolute atomic E-state index is 12.6. The first-order valence-electron chi connectivity index (χ1n) is 9.24. The van der Waals surface area contributed by atoms with Crippen molar-refractivity contribution >= 4 is 17.5 Å². The Labute approximate surface area is 149 Å². The van der Waals surface area contributed by atoms with Gasteiger partial charge in [-0.25, -0.2) is 0 Å². The number of rotatable bonds is 5. The van der Waals surface area contributed by atoms with Crippen molar-refractivity contribution in [2.24, 2.45) is 17.8 Å². The van der Waals surface area contributed by atoms with Crippen LogP contribution in [0.2, 0.25) is 5.02 Å². The molecule has 1 aromatic rings. The van der Waals surface area contributed by atoms with Crippen molar-refractivity contribution in [3.05, 3.63) is 34.9 Å². The molecule has 24 heavy (non-hydrogen) atoms. The van der Waals surface area contributed by atoms with Crippen LogP contribution in [0.4, 0.5) is 0 Å². The average molecular weight is 347 g/mol. The van der Waals surface area contributed by atoms with E-state index >= 15 is 0 Å². The second-order valence-corrected chi connectivity index (χ2v) is 8.92. The summed E-state index contributed by atoms with van der Waals surface area (Å²) in [4.78, 5) is 14.7. The molecule has 0 aliphatic heterocycles. The van der Waals surface area contributed by atoms with Gasteiger partial charge < -0.3 is 5.32 Å². The topological polar surface area (TPSA) is 32.3 Å². The molecule has 0 unspecified atom stereocenters. The molecule has 5 rings (SSSR count). The van der Waals surface area contributed by atoms with Gasteiger partial charge in [-0.15, -0.1) is 0 Å². The molecular weight excluding hydrogens is 320 g/mol. The molecule has 1 amide bonds. The Morgan fingerprint density at radius 1 is 1.17 bits per heavy atom. The van der Waals surface area contributed by atoms with Gasteiger partial charge >= 0.3 is 0 Å². The summed E-state index contributed by atoms with van der Waals surface area (Å²) in [7, 11) is 1.99. The summed E-state index contributed by atoms with van der Waals surface area (Å²) in [5, 5.41) is 4.21. The Bertz CT molecular complexity index is 595. The minimum absolute atomic E-state index is 0.108. The van der Waals surface area contributed by atoms with Gasteiger partial charge in [0.2, 0.25) is 5.91 Å². The highest BCUT2D eigenvalue weighted by molar-refractivity contribution is 6.31. The standard InChI is InChI=1S/C20H27ClN2O/c1-23(12-17-4-2-3-5-18(17)21)13-19(24)22-20-9-14-6-15(10-20)8-16(7-14)11-20/h2-5,14-16H,6-13H2,1H3,(H,22,24). The highest BCUT2D eigenvalue weighted by Crippen LogP contribution is 2.55. The van der Waals surface area contributed by atoms with Crippen LogP contribution in [0.1, 0.15) is 44.1 Å². The van der Waals surface area contributed by atoms with E-state index in [-0.39, 0.29) is 11.4 Å². The van der Waals surface area contributed by atoms with Crippen molar-refractivity contribution in [3.63, 3.8) is 0 Å². The maximum Gasteiger partial charge on any atom is 0.234 e. The molecule has 4 saturated carbocycles. The Hall–Kier alpha value is -1.06. The molecular formula is C20H27ClN2O. The van der Waals surface area contributed by atoms with Crippen LogP contribution in [0.25, 0.3) is 0 Å². The Balaban J connectivity index is 1.34. The van der Waals surface area contributed by atoms with E-state index in [2.05, 4.69) is 10.2 Å². The molecule has 4 aliphatic rings. The van der Waals surface area contributed by atoms with Gasteiger partial charge in [0.25, 0.3) is 0 Å². The average Bonchev–Trinajstić information content (AvgIpc) is 2.47. The van der Waals surface area contributed by atoms with E-state index in [1.54, 1.807) is 0 Å². The first kappa shape index (κ1) is 16.4. The molecule has 0 heterocycles. The minimum atomic E-state index is 0.108. The predicted octanol–water partition coefficient (Wildman–Crippen LogP) is 3.86. The zero-order valence-electron chi connectivity index (χ0n) is 14.4. The Kier molecular flexibility index (Phi) is 4.34. The second kappa shape index (κ2) is 6.34. The van der Waals surface area contributed by atoms with Crippen LogP contribution in [0.3, 0.4) is 0 Å². The van der Waals surface area contributed by atoms with E-state index in [9.17, 15) is 4.79 Å². The van der Waals surface area contributed by atoms with Crippen molar-refractivity contribution < 1.29 is 4.79 Å². The van der Waals surface area contributed by atoms with Gasteiger partial charge in [-0.3, -0.25) is 9.69 Å². The quantitative estimate of drug-likeness (QED) is 0.878. The lowest BCUT2D eigenvalue weighted by molar-refractivity contribution is -0.127. The van der Waals surface area contributed by atoms with Crippen LogP contribution in [0.5, 0.6) is 0 Å². The number of nitrogens with one attached hydrogen (secondary N) is 1. The fraction of sp³-hybridized carbons (Fsp3) is 0.650. The third-order valence-corrected chi connectivity index (χ3v) is 6.62. The zero-order chi connectivity index (χ0) is 16.7. The Morgan fingerprint density at radius 2 is 1.75 bits per heavy atom. The number of hydrogen-bond donors (Lipinski definition) is 1. The number of halogens is 1. The van der Waals surface area contributed by atoms with Gasteiger partial charge in [-0.05, 0) is 75.0 Å². The summed E-state index contributed by atoms with van der Waals surface area (Å²) in [6.45, 7) is 1.14. The third-order valence-electron chi connectivity index (χ3n) is 6.25. The van der Waals surface area contributed by atoms with E-state index in [1.807, 2.05) is 31.3 Å². The number of benzene rings is 1. The number of carbonyl (C=O) groups excluding carboxylic acids is 1. The minimum Gasteiger partial charge on any atom is -0.350 e. The molecule has 1 N–H and O–H groups in total. The van der Waals surface area contributed by atoms with Crippen molar-refractivity contribution in [1.29, 1.82) is 0 Å². The molecule has 1 aromatic carbocycles. The van der Waals surface area contributed by atoms with E-state index in [4.69, 9.17) is 11.6 Å². The first-order chi connectivity index (χ1) is 11.5. The molecule has 4 heteroatoms. The SMILES string of the molecule is CN(CC(=O)NC12CC3CC(CC(C3)C1)C2)Cc1ccccc1Cl. The van der Waals surface area contributed by atoms with Gasteiger partial charge in [0.1, 0.15) is 0 Å². The molecule has 3 nitrogen and oxygen atoms in total. The number of carbonyl (C=O) groups is 1. The van der Waals surface area contributed by atoms with Crippen LogP contribution >= 0.6 is 11.6 Å². The first-order valence-corrected chi connectivity index (χ1v) is 9.62. The van der Waals surface area contributed by atoms with E-state index in [0.717, 1.165) is 28.3 Å². The smallest absolute Gasteiger partial charge is 0.234 e. The lowest BCUT2D eigenvalue weighted by Gasteiger charge is -2.57. The fourth-order valence-electron chi connectivity index (χ4n) is 5.82. The third kappa shape index (κ3) is 3.34. The zero-order valence-corrected chi connectivity index (χ0v) is 15.2. The van der Waals surface area contributed by atoms with Crippen LogP contribution in [-0.2, 0) is 11.3 Å². The molecule has 0 spiro atoms. The van der Waals surface area contributed by atoms with E-state index in [1.165, 1.54) is 38.5 Å². The molecule has 4 fully saturated rings. The van der Waals surface area contributed by atoms with Crippen molar-refractivity contribution in [3.8, 4) is 0 Å². The van der Waals surface area contributed by atoms with E-state index < -0.39 is 0 Å². The van der Waals surface area contributed by atoms with E-state index in [0.29, 0.717) is 13.1 Å². The molecule has 0 radical (unpaired) electrons. The summed E-state index contributed by atoms with van der Waals surface area (Å²) in [5.41, 5.74) is 1.18. The maximum atomic E-state index is 12.6. The predicted molar refractivity (Wildman–Crippen MR) is 96.8 cm³/mol. The van der Waals surface area contributed by atoms with Crippen LogP contribution in [0.15, 0.2) is 24.3 Å². The fourth-order valence-corrected chi connectivity index (χ4v) is 6.01. The summed E-state index contributed by atoms with van der Waals surface area (Å²) in [5.74, 6) is 2.75. The Morgan fingerprint density at radius 3 is 2.33 bits per heavy atom. The van der Waals surface area contributed by atoms with Crippen LogP contribution in [-0.4, -0.2) is 29.9 Å². The van der Waals surface area contributed by atoms with Gasteiger partial charge in [0.15, 0.2) is 0 Å². The number of hydrogen-bond acceptors (Lipinski definition) is 2. The lowest BCUT2D eigenvalue weighted by Crippen LogP contribution is -2.60. The summed E-state index contributed by atoms with van der Waals surface area (Å²) in [6.07, 6.45) is 7.83. The number of nitrogens with zero attached hydrogens (tertiary/aromatic N) is 1. The van der Waals surface area contributed by atoms with Gasteiger partial charge in [-0.1, -0.05) is 29.8 Å². The van der Waals surface area contributed by atoms with Gasteiger partial charge in [-0.2, -0.15) is 0 Å². The molecule has 130 valence electrons. The highest BCUT2D eigenvalue weighted by atomic mass is 35.5. The molecule has 0 saturated heterocycles. The number of amides is 1. The van der Waals surface area contributed by atoms with Crippen LogP contribution in [0, 0.1) is 17.8 Å². The lowest BCUT2D eigenvalue weighted by atomic mass is 9.53. The van der Waals surface area contributed by atoms with Gasteiger partial charge in [0.05, 0.1) is 6.54 Å². The van der Waals surface area contributed by atoms with Gasteiger partial charge in [0, 0.05) is 17.1 Å². The summed E-state index contributed by atoms with van der Waals surface area (Å²) < 4.78 is 0. The summed E-state index contributed by atoms with van der Waals surface area (Å²) in [6, 6.07) is 7.85. The second-order valence-electron chi connectivity index (χ2n) is 8.51. The molecule has 0 aromatic heterocycles. The van der Waals surface area contributed by atoms with Crippen molar-refractivity contribution in [2.75, 3.05) is 13.6 Å². The number of likely N-dealkylation sites (N-methyl/N-ethyl adjacent to an activating group) is 1. The largest absolute Gasteiger partial charge is 0.350 e. The monoisotopic (exact) mass is 346 g/mol. The van der Waals surface area contributed by atoms with Crippen LogP contribution < -0.4 is 5.32 Å². The molecule has 4 bridgehead atoms. The summed E-state index contributed by atoms with van der Waals surface area (Å²) >= 11 is 6.22. The normalized spacial score (nSPS) is 33.9. The van der Waals surface area contributed by atoms with Crippen molar-refractivity contribution in [1.82, 2.24) is 10.2 Å².